The highest BCUT2D eigenvalue weighted by Gasteiger charge is 2.38. The molecule has 2 aromatic rings. The van der Waals surface area contributed by atoms with Gasteiger partial charge >= 0.3 is 11.8 Å². The van der Waals surface area contributed by atoms with Gasteiger partial charge < -0.3 is 9.80 Å². The number of carbonyl (C=O) groups excluding carboxylic acids is 2. The molecule has 1 saturated heterocycles. The first-order valence-electron chi connectivity index (χ1n) is 8.13. The van der Waals surface area contributed by atoms with Gasteiger partial charge in [0.15, 0.2) is 5.82 Å². The minimum absolute atomic E-state index is 0.262. The smallest absolute Gasteiger partial charge is 0.312 e. The number of rotatable bonds is 4. The number of piperazine rings is 1. The molecule has 2 fully saturated rings. The van der Waals surface area contributed by atoms with Crippen molar-refractivity contribution in [2.45, 2.75) is 31.8 Å². The normalized spacial score (nSPS) is 18.8. The van der Waals surface area contributed by atoms with Gasteiger partial charge in [0.25, 0.3) is 0 Å². The van der Waals surface area contributed by atoms with Crippen LogP contribution >= 0.6 is 0 Å². The van der Waals surface area contributed by atoms with Gasteiger partial charge in [-0.3, -0.25) is 14.2 Å². The maximum absolute atomic E-state index is 12.3. The molecule has 124 valence electrons. The van der Waals surface area contributed by atoms with E-state index in [4.69, 9.17) is 0 Å². The van der Waals surface area contributed by atoms with E-state index in [1.54, 1.807) is 33.1 Å². The molecule has 0 bridgehead atoms. The van der Waals surface area contributed by atoms with Crippen LogP contribution in [-0.2, 0) is 16.1 Å². The summed E-state index contributed by atoms with van der Waals surface area (Å²) >= 11 is 0. The van der Waals surface area contributed by atoms with Gasteiger partial charge in [0.2, 0.25) is 0 Å². The van der Waals surface area contributed by atoms with Crippen molar-refractivity contribution in [2.24, 2.45) is 0 Å². The fourth-order valence-electron chi connectivity index (χ4n) is 3.05. The van der Waals surface area contributed by atoms with Crippen molar-refractivity contribution in [3.63, 3.8) is 0 Å². The summed E-state index contributed by atoms with van der Waals surface area (Å²) in [5, 5.41) is 8.29. The zero-order valence-corrected chi connectivity index (χ0v) is 13.2. The highest BCUT2D eigenvalue weighted by atomic mass is 16.2. The maximum atomic E-state index is 12.3. The van der Waals surface area contributed by atoms with Crippen molar-refractivity contribution in [3.8, 4) is 5.82 Å². The van der Waals surface area contributed by atoms with Crippen molar-refractivity contribution in [1.29, 1.82) is 0 Å². The second-order valence-electron chi connectivity index (χ2n) is 6.16. The van der Waals surface area contributed by atoms with Crippen LogP contribution in [0.5, 0.6) is 0 Å². The van der Waals surface area contributed by atoms with Crippen molar-refractivity contribution in [1.82, 2.24) is 29.5 Å². The average molecular weight is 326 g/mol. The fraction of sp³-hybridized carbons (Fsp3) is 0.438. The van der Waals surface area contributed by atoms with Gasteiger partial charge in [0, 0.05) is 31.5 Å². The summed E-state index contributed by atoms with van der Waals surface area (Å²) < 4.78 is 1.75. The molecule has 0 spiro atoms. The Morgan fingerprint density at radius 2 is 1.96 bits per heavy atom. The summed E-state index contributed by atoms with van der Waals surface area (Å²) in [7, 11) is 0. The van der Waals surface area contributed by atoms with E-state index >= 15 is 0 Å². The Bertz CT molecular complexity index is 738. The molecule has 8 heteroatoms. The van der Waals surface area contributed by atoms with E-state index in [0.717, 1.165) is 19.3 Å². The van der Waals surface area contributed by atoms with E-state index in [-0.39, 0.29) is 11.9 Å². The van der Waals surface area contributed by atoms with E-state index in [0.29, 0.717) is 31.1 Å². The third-order valence-corrected chi connectivity index (χ3v) is 4.68. The quantitative estimate of drug-likeness (QED) is 0.759. The first kappa shape index (κ1) is 14.8. The molecule has 2 aromatic heterocycles. The molecule has 2 amide bonds. The van der Waals surface area contributed by atoms with Gasteiger partial charge in [-0.25, -0.2) is 4.98 Å². The summed E-state index contributed by atoms with van der Waals surface area (Å²) in [5.41, 5.74) is 0.664. The second-order valence-corrected chi connectivity index (χ2v) is 6.16. The number of hydrogen-bond acceptors (Lipinski definition) is 5. The minimum Gasteiger partial charge on any atom is -0.330 e. The van der Waals surface area contributed by atoms with E-state index in [1.807, 2.05) is 12.1 Å². The van der Waals surface area contributed by atoms with Gasteiger partial charge in [-0.05, 0) is 31.4 Å². The molecule has 0 radical (unpaired) electrons. The van der Waals surface area contributed by atoms with Crippen molar-refractivity contribution >= 4 is 11.8 Å². The van der Waals surface area contributed by atoms with Crippen LogP contribution in [0.2, 0.25) is 0 Å². The average Bonchev–Trinajstić information content (AvgIpc) is 3.08. The molecule has 1 aliphatic heterocycles. The van der Waals surface area contributed by atoms with Gasteiger partial charge in [-0.15, -0.1) is 5.10 Å². The number of carbonyl (C=O) groups is 2. The highest BCUT2D eigenvalue weighted by Crippen LogP contribution is 2.26. The third-order valence-electron chi connectivity index (χ3n) is 4.68. The molecule has 0 atom stereocenters. The number of nitrogens with zero attached hydrogens (tertiary/aromatic N) is 6. The summed E-state index contributed by atoms with van der Waals surface area (Å²) in [5.74, 6) is -0.156. The monoisotopic (exact) mass is 326 g/mol. The molecular weight excluding hydrogens is 308 g/mol. The molecule has 1 aliphatic carbocycles. The predicted octanol–water partition coefficient (Wildman–Crippen LogP) is 0.386. The van der Waals surface area contributed by atoms with Gasteiger partial charge in [0.05, 0.1) is 12.2 Å². The largest absolute Gasteiger partial charge is 0.330 e. The highest BCUT2D eigenvalue weighted by molar-refractivity contribution is 6.35. The van der Waals surface area contributed by atoms with Crippen LogP contribution in [0.3, 0.4) is 0 Å². The SMILES string of the molecule is O=C1C(=O)N(C2CCC2)CCN1Cc1ccc(-n2ccnc2)nn1. The first-order chi connectivity index (χ1) is 11.7. The lowest BCUT2D eigenvalue weighted by molar-refractivity contribution is -0.159. The van der Waals surface area contributed by atoms with Crippen molar-refractivity contribution in [2.75, 3.05) is 13.1 Å². The lowest BCUT2D eigenvalue weighted by Crippen LogP contribution is -2.58. The zero-order chi connectivity index (χ0) is 16.5. The summed E-state index contributed by atoms with van der Waals surface area (Å²) in [6.07, 6.45) is 8.27. The molecule has 4 rings (SSSR count). The summed E-state index contributed by atoms with van der Waals surface area (Å²) in [4.78, 5) is 31.8. The van der Waals surface area contributed by atoms with Crippen LogP contribution in [0.15, 0.2) is 30.9 Å². The Morgan fingerprint density at radius 1 is 1.08 bits per heavy atom. The number of imidazole rings is 1. The standard InChI is InChI=1S/C16H18N6O2/c23-15-16(24)22(13-2-1-3-13)9-8-20(15)10-12-4-5-14(19-18-12)21-7-6-17-11-21/h4-7,11,13H,1-3,8-10H2. The number of amides is 2. The van der Waals surface area contributed by atoms with Crippen LogP contribution in [-0.4, -0.2) is 60.5 Å². The summed E-state index contributed by atoms with van der Waals surface area (Å²) in [6.45, 7) is 1.46. The van der Waals surface area contributed by atoms with Crippen LogP contribution in [0.1, 0.15) is 25.0 Å². The van der Waals surface area contributed by atoms with Crippen LogP contribution in [0, 0.1) is 0 Å². The maximum Gasteiger partial charge on any atom is 0.312 e. The number of aromatic nitrogens is 4. The molecule has 0 unspecified atom stereocenters. The molecule has 3 heterocycles. The van der Waals surface area contributed by atoms with Crippen molar-refractivity contribution < 1.29 is 9.59 Å². The molecule has 0 N–H and O–H groups in total. The van der Waals surface area contributed by atoms with E-state index in [2.05, 4.69) is 15.2 Å². The predicted molar refractivity (Wildman–Crippen MR) is 83.9 cm³/mol. The Morgan fingerprint density at radius 3 is 2.58 bits per heavy atom. The van der Waals surface area contributed by atoms with E-state index < -0.39 is 5.91 Å². The van der Waals surface area contributed by atoms with Gasteiger partial charge in [0.1, 0.15) is 6.33 Å². The van der Waals surface area contributed by atoms with Crippen LogP contribution in [0.4, 0.5) is 0 Å². The Balaban J connectivity index is 1.42. The lowest BCUT2D eigenvalue weighted by Gasteiger charge is -2.42. The minimum atomic E-state index is -0.436. The zero-order valence-electron chi connectivity index (χ0n) is 13.2. The fourth-order valence-corrected chi connectivity index (χ4v) is 3.05. The Kier molecular flexibility index (Phi) is 3.72. The molecule has 0 aromatic carbocycles. The Hall–Kier alpha value is -2.77. The molecule has 2 aliphatic rings. The van der Waals surface area contributed by atoms with Crippen molar-refractivity contribution in [3.05, 3.63) is 36.5 Å². The Labute approximate surface area is 139 Å². The first-order valence-corrected chi connectivity index (χ1v) is 8.13. The van der Waals surface area contributed by atoms with Gasteiger partial charge in [-0.1, -0.05) is 0 Å². The topological polar surface area (TPSA) is 84.2 Å². The van der Waals surface area contributed by atoms with Gasteiger partial charge in [-0.2, -0.15) is 5.10 Å². The molecule has 24 heavy (non-hydrogen) atoms. The van der Waals surface area contributed by atoms with E-state index in [9.17, 15) is 9.59 Å². The molecular formula is C16H18N6O2. The van der Waals surface area contributed by atoms with Crippen LogP contribution in [0.25, 0.3) is 5.82 Å². The second kappa shape index (κ2) is 6.03. The van der Waals surface area contributed by atoms with Crippen LogP contribution < -0.4 is 0 Å². The third kappa shape index (κ3) is 2.64. The van der Waals surface area contributed by atoms with E-state index in [1.165, 1.54) is 0 Å². The molecule has 8 nitrogen and oxygen atoms in total. The lowest BCUT2D eigenvalue weighted by atomic mass is 9.91. The summed E-state index contributed by atoms with van der Waals surface area (Å²) in [6, 6.07) is 3.90. The molecule has 1 saturated carbocycles. The number of hydrogen-bond donors (Lipinski definition) is 0.